The van der Waals surface area contributed by atoms with Gasteiger partial charge in [-0.3, -0.25) is 4.99 Å². The Morgan fingerprint density at radius 3 is 2.84 bits per heavy atom. The first-order chi connectivity index (χ1) is 9.22. The third-order valence-electron chi connectivity index (χ3n) is 2.61. The van der Waals surface area contributed by atoms with Crippen LogP contribution >= 0.6 is 0 Å². The summed E-state index contributed by atoms with van der Waals surface area (Å²) >= 11 is 0. The van der Waals surface area contributed by atoms with Gasteiger partial charge in [0, 0.05) is 20.2 Å². The predicted molar refractivity (Wildman–Crippen MR) is 77.2 cm³/mol. The molecule has 0 spiro atoms. The van der Waals surface area contributed by atoms with E-state index in [1.807, 2.05) is 12.1 Å². The number of aliphatic imine (C=N–C) groups is 1. The lowest BCUT2D eigenvalue weighted by Crippen LogP contribution is -2.38. The molecular formula is C14H25N3O2. The Morgan fingerprint density at radius 2 is 2.21 bits per heavy atom. The highest BCUT2D eigenvalue weighted by Crippen LogP contribution is 1.99. The summed E-state index contributed by atoms with van der Waals surface area (Å²) in [6, 6.07) is 3.80. The normalized spacial score (nSPS) is 11.9. The number of nitrogens with zero attached hydrogens (tertiary/aromatic N) is 1. The molecule has 0 radical (unpaired) electrons. The molecule has 0 unspecified atom stereocenters. The molecule has 5 heteroatoms. The fourth-order valence-electron chi connectivity index (χ4n) is 1.47. The minimum atomic E-state index is 0.626. The first-order valence-electron chi connectivity index (χ1n) is 6.77. The van der Waals surface area contributed by atoms with E-state index in [2.05, 4.69) is 29.5 Å². The lowest BCUT2D eigenvalue weighted by Gasteiger charge is -2.11. The Hall–Kier alpha value is -1.49. The number of hydrogen-bond acceptors (Lipinski definition) is 3. The molecule has 0 aliphatic heterocycles. The number of hydrogen-bond donors (Lipinski definition) is 2. The van der Waals surface area contributed by atoms with Crippen molar-refractivity contribution in [3.8, 4) is 0 Å². The Balaban J connectivity index is 2.06. The van der Waals surface area contributed by atoms with Gasteiger partial charge in [-0.05, 0) is 24.5 Å². The Morgan fingerprint density at radius 1 is 1.37 bits per heavy atom. The molecule has 0 atom stereocenters. The van der Waals surface area contributed by atoms with Gasteiger partial charge in [0.1, 0.15) is 5.76 Å². The molecule has 1 heterocycles. The highest BCUT2D eigenvalue weighted by Gasteiger charge is 1.99. The average Bonchev–Trinajstić information content (AvgIpc) is 2.90. The molecule has 0 aliphatic carbocycles. The molecule has 5 nitrogen and oxygen atoms in total. The van der Waals surface area contributed by atoms with E-state index in [0.29, 0.717) is 19.1 Å². The van der Waals surface area contributed by atoms with Gasteiger partial charge < -0.3 is 19.8 Å². The molecule has 0 aromatic carbocycles. The number of nitrogens with one attached hydrogen (secondary N) is 2. The van der Waals surface area contributed by atoms with Crippen LogP contribution in [0.25, 0.3) is 0 Å². The molecular weight excluding hydrogens is 242 g/mol. The summed E-state index contributed by atoms with van der Waals surface area (Å²) in [5.74, 6) is 2.33. The molecule has 1 rings (SSSR count). The van der Waals surface area contributed by atoms with Gasteiger partial charge in [0.25, 0.3) is 0 Å². The molecule has 0 amide bonds. The van der Waals surface area contributed by atoms with Gasteiger partial charge in [-0.15, -0.1) is 0 Å². The van der Waals surface area contributed by atoms with E-state index in [4.69, 9.17) is 9.15 Å². The van der Waals surface area contributed by atoms with Crippen LogP contribution in [-0.4, -0.2) is 32.8 Å². The van der Waals surface area contributed by atoms with E-state index < -0.39 is 0 Å². The van der Waals surface area contributed by atoms with Gasteiger partial charge in [0.2, 0.25) is 0 Å². The highest BCUT2D eigenvalue weighted by molar-refractivity contribution is 5.79. The van der Waals surface area contributed by atoms with E-state index in [1.165, 1.54) is 0 Å². The van der Waals surface area contributed by atoms with E-state index in [-0.39, 0.29) is 0 Å². The Labute approximate surface area is 115 Å². The minimum Gasteiger partial charge on any atom is -0.467 e. The van der Waals surface area contributed by atoms with E-state index in [1.54, 1.807) is 13.3 Å². The molecule has 108 valence electrons. The van der Waals surface area contributed by atoms with Gasteiger partial charge in [-0.2, -0.15) is 0 Å². The molecule has 1 aromatic heterocycles. The van der Waals surface area contributed by atoms with Gasteiger partial charge in [-0.25, -0.2) is 0 Å². The predicted octanol–water partition coefficient (Wildman–Crippen LogP) is 2.01. The molecule has 0 saturated carbocycles. The first kappa shape index (κ1) is 15.6. The Bertz CT molecular complexity index is 348. The van der Waals surface area contributed by atoms with Crippen molar-refractivity contribution in [2.45, 2.75) is 26.8 Å². The first-order valence-corrected chi connectivity index (χ1v) is 6.77. The third-order valence-corrected chi connectivity index (χ3v) is 2.61. The second-order valence-corrected chi connectivity index (χ2v) is 4.73. The molecule has 0 saturated heterocycles. The van der Waals surface area contributed by atoms with Crippen LogP contribution in [0.5, 0.6) is 0 Å². The van der Waals surface area contributed by atoms with Crippen molar-refractivity contribution in [1.82, 2.24) is 10.6 Å². The van der Waals surface area contributed by atoms with Gasteiger partial charge in [0.15, 0.2) is 5.96 Å². The van der Waals surface area contributed by atoms with Crippen molar-refractivity contribution in [2.75, 3.05) is 26.8 Å². The minimum absolute atomic E-state index is 0.626. The zero-order valence-corrected chi connectivity index (χ0v) is 12.1. The summed E-state index contributed by atoms with van der Waals surface area (Å²) < 4.78 is 10.8. The van der Waals surface area contributed by atoms with Gasteiger partial charge >= 0.3 is 0 Å². The third kappa shape index (κ3) is 7.51. The summed E-state index contributed by atoms with van der Waals surface area (Å²) in [5.41, 5.74) is 0. The maximum Gasteiger partial charge on any atom is 0.191 e. The second-order valence-electron chi connectivity index (χ2n) is 4.73. The largest absolute Gasteiger partial charge is 0.467 e. The summed E-state index contributed by atoms with van der Waals surface area (Å²) in [6.07, 6.45) is 2.77. The van der Waals surface area contributed by atoms with Gasteiger partial charge in [-0.1, -0.05) is 13.8 Å². The quantitative estimate of drug-likeness (QED) is 0.430. The fraction of sp³-hybridized carbons (Fsp3) is 0.643. The fourth-order valence-corrected chi connectivity index (χ4v) is 1.47. The number of furan rings is 1. The molecule has 0 bridgehead atoms. The summed E-state index contributed by atoms with van der Waals surface area (Å²) in [5, 5.41) is 6.36. The van der Waals surface area contributed by atoms with Crippen LogP contribution in [0.1, 0.15) is 26.0 Å². The van der Waals surface area contributed by atoms with Crippen molar-refractivity contribution in [2.24, 2.45) is 10.9 Å². The van der Waals surface area contributed by atoms with Crippen LogP contribution < -0.4 is 10.6 Å². The van der Waals surface area contributed by atoms with E-state index >= 15 is 0 Å². The zero-order valence-electron chi connectivity index (χ0n) is 12.1. The van der Waals surface area contributed by atoms with Crippen LogP contribution in [0.4, 0.5) is 0 Å². The number of guanidine groups is 1. The van der Waals surface area contributed by atoms with Crippen molar-refractivity contribution in [3.63, 3.8) is 0 Å². The maximum atomic E-state index is 5.53. The molecule has 1 aromatic rings. The van der Waals surface area contributed by atoms with Crippen LogP contribution in [0.2, 0.25) is 0 Å². The van der Waals surface area contributed by atoms with Crippen molar-refractivity contribution in [3.05, 3.63) is 24.2 Å². The topological polar surface area (TPSA) is 58.8 Å². The maximum absolute atomic E-state index is 5.53. The van der Waals surface area contributed by atoms with Gasteiger partial charge in [0.05, 0.1) is 19.4 Å². The smallest absolute Gasteiger partial charge is 0.191 e. The number of ether oxygens (including phenoxy) is 1. The van der Waals surface area contributed by atoms with Crippen molar-refractivity contribution < 1.29 is 9.15 Å². The standard InChI is InChI=1S/C14H25N3O2/c1-12(2)6-9-18-10-7-16-14(15-3)17-11-13-5-4-8-19-13/h4-5,8,12H,6-7,9-11H2,1-3H3,(H2,15,16,17). The zero-order chi connectivity index (χ0) is 13.9. The lowest BCUT2D eigenvalue weighted by molar-refractivity contribution is 0.128. The monoisotopic (exact) mass is 267 g/mol. The van der Waals surface area contributed by atoms with Crippen LogP contribution in [0.3, 0.4) is 0 Å². The Kier molecular flexibility index (Phi) is 7.74. The molecule has 0 aliphatic rings. The van der Waals surface area contributed by atoms with Crippen molar-refractivity contribution >= 4 is 5.96 Å². The van der Waals surface area contributed by atoms with E-state index in [0.717, 1.165) is 31.3 Å². The van der Waals surface area contributed by atoms with Crippen LogP contribution in [0.15, 0.2) is 27.8 Å². The van der Waals surface area contributed by atoms with Crippen LogP contribution in [0, 0.1) is 5.92 Å². The molecule has 0 fully saturated rings. The highest BCUT2D eigenvalue weighted by atomic mass is 16.5. The average molecular weight is 267 g/mol. The van der Waals surface area contributed by atoms with Crippen molar-refractivity contribution in [1.29, 1.82) is 0 Å². The molecule has 2 N–H and O–H groups in total. The summed E-state index contributed by atoms with van der Waals surface area (Å²) in [6.45, 7) is 7.27. The van der Waals surface area contributed by atoms with Crippen LogP contribution in [-0.2, 0) is 11.3 Å². The summed E-state index contributed by atoms with van der Waals surface area (Å²) in [7, 11) is 1.75. The summed E-state index contributed by atoms with van der Waals surface area (Å²) in [4.78, 5) is 4.13. The SMILES string of the molecule is CN=C(NCCOCCC(C)C)NCc1ccco1. The second kappa shape index (κ2) is 9.44. The lowest BCUT2D eigenvalue weighted by atomic mass is 10.1. The number of rotatable bonds is 8. The molecule has 19 heavy (non-hydrogen) atoms. The van der Waals surface area contributed by atoms with E-state index in [9.17, 15) is 0 Å².